The lowest BCUT2D eigenvalue weighted by molar-refractivity contribution is -0.141. The van der Waals surface area contributed by atoms with Gasteiger partial charge in [-0.05, 0) is 44.6 Å². The van der Waals surface area contributed by atoms with E-state index in [2.05, 4.69) is 10.6 Å². The van der Waals surface area contributed by atoms with Crippen molar-refractivity contribution in [3.05, 3.63) is 0 Å². The number of carboxylic acids is 1. The highest BCUT2D eigenvalue weighted by Gasteiger charge is 2.38. The molecule has 10 nitrogen and oxygen atoms in total. The van der Waals surface area contributed by atoms with Gasteiger partial charge in [-0.15, -0.1) is 0 Å². The quantitative estimate of drug-likeness (QED) is 0.271. The fourth-order valence-electron chi connectivity index (χ4n) is 3.10. The first-order valence-electron chi connectivity index (χ1n) is 9.75. The molecule has 3 amide bonds. The third kappa shape index (κ3) is 7.08. The van der Waals surface area contributed by atoms with Gasteiger partial charge in [0.1, 0.15) is 18.6 Å². The summed E-state index contributed by atoms with van der Waals surface area (Å²) in [6, 6.07) is -2.25. The molecule has 0 aromatic rings. The molecule has 1 fully saturated rings. The van der Waals surface area contributed by atoms with E-state index in [1.165, 1.54) is 4.90 Å². The molecule has 10 heteroatoms. The van der Waals surface area contributed by atoms with Crippen molar-refractivity contribution in [2.45, 2.75) is 64.1 Å². The average molecular weight is 399 g/mol. The van der Waals surface area contributed by atoms with Gasteiger partial charge in [0, 0.05) is 6.54 Å². The predicted octanol–water partition coefficient (Wildman–Crippen LogP) is -1.22. The zero-order chi connectivity index (χ0) is 21.3. The minimum atomic E-state index is -1.17. The Bertz CT molecular complexity index is 569. The standard InChI is InChI=1S/C18H33N5O5/c1-11(2)15(20)18(28)23-9-5-7-13(23)17(27)22-12(6-3-4-8-19)16(26)21-10-14(24)25/h11-13,15H,3-10,19-20H2,1-2H3,(H,21,26)(H,22,27)(H,24,25). The molecule has 1 saturated heterocycles. The fourth-order valence-corrected chi connectivity index (χ4v) is 3.10. The Balaban J connectivity index is 2.79. The largest absolute Gasteiger partial charge is 0.480 e. The summed E-state index contributed by atoms with van der Waals surface area (Å²) in [5.41, 5.74) is 11.4. The molecule has 0 radical (unpaired) electrons. The highest BCUT2D eigenvalue weighted by Crippen LogP contribution is 2.20. The molecule has 0 saturated carbocycles. The summed E-state index contributed by atoms with van der Waals surface area (Å²) in [5.74, 6) is -2.49. The molecule has 0 aliphatic carbocycles. The van der Waals surface area contributed by atoms with E-state index in [-0.39, 0.29) is 11.8 Å². The topological polar surface area (TPSA) is 168 Å². The Labute approximate surface area is 165 Å². The van der Waals surface area contributed by atoms with Crippen LogP contribution in [0.2, 0.25) is 0 Å². The van der Waals surface area contributed by atoms with Crippen LogP contribution in [0.15, 0.2) is 0 Å². The molecule has 3 atom stereocenters. The van der Waals surface area contributed by atoms with E-state index >= 15 is 0 Å². The Hall–Kier alpha value is -2.20. The van der Waals surface area contributed by atoms with E-state index in [4.69, 9.17) is 16.6 Å². The summed E-state index contributed by atoms with van der Waals surface area (Å²) in [4.78, 5) is 49.8. The van der Waals surface area contributed by atoms with Crippen molar-refractivity contribution in [1.29, 1.82) is 0 Å². The summed E-state index contributed by atoms with van der Waals surface area (Å²) in [6.07, 6.45) is 2.79. The highest BCUT2D eigenvalue weighted by atomic mass is 16.4. The van der Waals surface area contributed by atoms with Crippen molar-refractivity contribution in [3.8, 4) is 0 Å². The molecule has 0 bridgehead atoms. The van der Waals surface area contributed by atoms with E-state index in [1.807, 2.05) is 13.8 Å². The average Bonchev–Trinajstić information content (AvgIpc) is 3.13. The van der Waals surface area contributed by atoms with Gasteiger partial charge in [-0.2, -0.15) is 0 Å². The molecule has 1 heterocycles. The first-order chi connectivity index (χ1) is 13.2. The molecular formula is C18H33N5O5. The monoisotopic (exact) mass is 399 g/mol. The number of carboxylic acid groups (broad SMARTS) is 1. The summed E-state index contributed by atoms with van der Waals surface area (Å²) in [5, 5.41) is 13.7. The number of rotatable bonds is 11. The second kappa shape index (κ2) is 11.6. The van der Waals surface area contributed by atoms with Gasteiger partial charge in [0.05, 0.1) is 6.04 Å². The maximum atomic E-state index is 12.8. The number of hydrogen-bond acceptors (Lipinski definition) is 6. The summed E-state index contributed by atoms with van der Waals surface area (Å²) >= 11 is 0. The van der Waals surface area contributed by atoms with Gasteiger partial charge in [0.2, 0.25) is 17.7 Å². The number of likely N-dealkylation sites (tertiary alicyclic amines) is 1. The number of unbranched alkanes of at least 4 members (excludes halogenated alkanes) is 1. The molecule has 1 rings (SSSR count). The molecule has 0 spiro atoms. The lowest BCUT2D eigenvalue weighted by Crippen LogP contribution is -2.56. The number of carbonyl (C=O) groups excluding carboxylic acids is 3. The second-order valence-corrected chi connectivity index (χ2v) is 7.42. The smallest absolute Gasteiger partial charge is 0.322 e. The molecule has 1 aliphatic rings. The lowest BCUT2D eigenvalue weighted by Gasteiger charge is -2.29. The van der Waals surface area contributed by atoms with Gasteiger partial charge >= 0.3 is 5.97 Å². The molecule has 0 aromatic heterocycles. The Morgan fingerprint density at radius 3 is 2.46 bits per heavy atom. The van der Waals surface area contributed by atoms with Gasteiger partial charge in [0.25, 0.3) is 0 Å². The van der Waals surface area contributed by atoms with E-state index < -0.39 is 42.5 Å². The highest BCUT2D eigenvalue weighted by molar-refractivity contribution is 5.94. The van der Waals surface area contributed by atoms with Gasteiger partial charge in [-0.3, -0.25) is 19.2 Å². The third-order valence-corrected chi connectivity index (χ3v) is 4.84. The second-order valence-electron chi connectivity index (χ2n) is 7.42. The van der Waals surface area contributed by atoms with E-state index in [0.29, 0.717) is 45.2 Å². The molecule has 3 unspecified atom stereocenters. The Morgan fingerprint density at radius 2 is 1.89 bits per heavy atom. The van der Waals surface area contributed by atoms with Crippen molar-refractivity contribution in [3.63, 3.8) is 0 Å². The number of nitrogens with two attached hydrogens (primary N) is 2. The zero-order valence-electron chi connectivity index (χ0n) is 16.6. The van der Waals surface area contributed by atoms with Crippen LogP contribution in [0.3, 0.4) is 0 Å². The summed E-state index contributed by atoms with van der Waals surface area (Å²) in [6.45, 7) is 4.05. The molecular weight excluding hydrogens is 366 g/mol. The Kier molecular flexibility index (Phi) is 9.88. The molecule has 7 N–H and O–H groups in total. The molecule has 1 aliphatic heterocycles. The van der Waals surface area contributed by atoms with Crippen molar-refractivity contribution in [2.24, 2.45) is 17.4 Å². The maximum Gasteiger partial charge on any atom is 0.322 e. The minimum Gasteiger partial charge on any atom is -0.480 e. The number of amides is 3. The number of nitrogens with zero attached hydrogens (tertiary/aromatic N) is 1. The predicted molar refractivity (Wildman–Crippen MR) is 103 cm³/mol. The number of nitrogens with one attached hydrogen (secondary N) is 2. The van der Waals surface area contributed by atoms with Crippen molar-refractivity contribution in [1.82, 2.24) is 15.5 Å². The normalized spacial score (nSPS) is 18.6. The first kappa shape index (κ1) is 23.8. The van der Waals surface area contributed by atoms with Crippen LogP contribution in [0.25, 0.3) is 0 Å². The molecule has 28 heavy (non-hydrogen) atoms. The van der Waals surface area contributed by atoms with Crippen LogP contribution < -0.4 is 22.1 Å². The Morgan fingerprint density at radius 1 is 1.21 bits per heavy atom. The van der Waals surface area contributed by atoms with Crippen molar-refractivity contribution >= 4 is 23.7 Å². The van der Waals surface area contributed by atoms with E-state index in [0.717, 1.165) is 0 Å². The fraction of sp³-hybridized carbons (Fsp3) is 0.778. The minimum absolute atomic E-state index is 0.0531. The van der Waals surface area contributed by atoms with Crippen molar-refractivity contribution < 1.29 is 24.3 Å². The van der Waals surface area contributed by atoms with Gasteiger partial charge in [0.15, 0.2) is 0 Å². The molecule has 0 aromatic carbocycles. The first-order valence-corrected chi connectivity index (χ1v) is 9.75. The SMILES string of the molecule is CC(C)C(N)C(=O)N1CCCC1C(=O)NC(CCCCN)C(=O)NCC(=O)O. The van der Waals surface area contributed by atoms with Crippen LogP contribution in [0, 0.1) is 5.92 Å². The van der Waals surface area contributed by atoms with Crippen LogP contribution in [0.1, 0.15) is 46.0 Å². The van der Waals surface area contributed by atoms with Crippen LogP contribution in [0.5, 0.6) is 0 Å². The lowest BCUT2D eigenvalue weighted by atomic mass is 10.0. The van der Waals surface area contributed by atoms with Gasteiger partial charge in [-0.1, -0.05) is 13.8 Å². The molecule has 160 valence electrons. The third-order valence-electron chi connectivity index (χ3n) is 4.84. The number of carbonyl (C=O) groups is 4. The van der Waals surface area contributed by atoms with Gasteiger partial charge < -0.3 is 32.1 Å². The summed E-state index contributed by atoms with van der Waals surface area (Å²) < 4.78 is 0. The number of aliphatic carboxylic acids is 1. The van der Waals surface area contributed by atoms with Crippen LogP contribution >= 0.6 is 0 Å². The van der Waals surface area contributed by atoms with Crippen molar-refractivity contribution in [2.75, 3.05) is 19.6 Å². The van der Waals surface area contributed by atoms with E-state index in [1.54, 1.807) is 0 Å². The zero-order valence-corrected chi connectivity index (χ0v) is 16.6. The van der Waals surface area contributed by atoms with Crippen LogP contribution in [-0.2, 0) is 19.2 Å². The van der Waals surface area contributed by atoms with Crippen LogP contribution in [-0.4, -0.2) is 71.5 Å². The maximum absolute atomic E-state index is 12.8. The number of hydrogen-bond donors (Lipinski definition) is 5. The summed E-state index contributed by atoms with van der Waals surface area (Å²) in [7, 11) is 0. The van der Waals surface area contributed by atoms with Crippen LogP contribution in [0.4, 0.5) is 0 Å². The van der Waals surface area contributed by atoms with E-state index in [9.17, 15) is 19.2 Å². The van der Waals surface area contributed by atoms with Gasteiger partial charge in [-0.25, -0.2) is 0 Å².